The lowest BCUT2D eigenvalue weighted by molar-refractivity contribution is -0.112. The number of hydrogen-bond acceptors (Lipinski definition) is 2. The van der Waals surface area contributed by atoms with Gasteiger partial charge >= 0.3 is 0 Å². The number of carbonyl (C=O) groups excluding carboxylic acids is 1. The molecule has 1 rings (SSSR count). The normalized spacial score (nSPS) is 21.6. The summed E-state index contributed by atoms with van der Waals surface area (Å²) in [5, 5.41) is 3.08. The highest BCUT2D eigenvalue weighted by molar-refractivity contribution is 6.05. The van der Waals surface area contributed by atoms with E-state index in [2.05, 4.69) is 25.7 Å². The number of likely N-dealkylation sites (N-methyl/N-ethyl adjacent to an activating group) is 1. The maximum atomic E-state index is 11.4. The number of rotatable bonds is 2. The Morgan fingerprint density at radius 2 is 2.23 bits per heavy atom. The third kappa shape index (κ3) is 2.07. The van der Waals surface area contributed by atoms with Gasteiger partial charge in [0.2, 0.25) is 0 Å². The average molecular weight is 179 g/mol. The van der Waals surface area contributed by atoms with E-state index in [1.807, 2.05) is 7.05 Å². The zero-order valence-electron chi connectivity index (χ0n) is 8.61. The second kappa shape index (κ2) is 3.46. The summed E-state index contributed by atoms with van der Waals surface area (Å²) in [5.41, 5.74) is 1.98. The molecule has 0 radical (unpaired) electrons. The SMILES string of the molecule is C=C1CC(C)(C)C(CNC)=CC1=O. The Labute approximate surface area is 79.7 Å². The lowest BCUT2D eigenvalue weighted by Gasteiger charge is -2.32. The second-order valence-corrected chi connectivity index (χ2v) is 4.23. The molecule has 72 valence electrons. The summed E-state index contributed by atoms with van der Waals surface area (Å²) >= 11 is 0. The zero-order valence-corrected chi connectivity index (χ0v) is 8.61. The molecule has 0 amide bonds. The number of carbonyl (C=O) groups is 1. The van der Waals surface area contributed by atoms with Crippen molar-refractivity contribution in [1.82, 2.24) is 5.32 Å². The molecule has 0 atom stereocenters. The van der Waals surface area contributed by atoms with Crippen molar-refractivity contribution < 1.29 is 4.79 Å². The van der Waals surface area contributed by atoms with Crippen molar-refractivity contribution in [3.63, 3.8) is 0 Å². The fraction of sp³-hybridized carbons (Fsp3) is 0.545. The molecule has 0 bridgehead atoms. The topological polar surface area (TPSA) is 29.1 Å². The molecule has 1 aliphatic rings. The van der Waals surface area contributed by atoms with Crippen LogP contribution in [0.25, 0.3) is 0 Å². The molecule has 0 spiro atoms. The van der Waals surface area contributed by atoms with Crippen LogP contribution in [0.5, 0.6) is 0 Å². The van der Waals surface area contributed by atoms with Crippen LogP contribution in [0, 0.1) is 5.41 Å². The van der Waals surface area contributed by atoms with E-state index in [1.165, 1.54) is 5.57 Å². The van der Waals surface area contributed by atoms with E-state index in [0.717, 1.165) is 18.5 Å². The number of allylic oxidation sites excluding steroid dienone is 2. The maximum Gasteiger partial charge on any atom is 0.181 e. The van der Waals surface area contributed by atoms with E-state index in [9.17, 15) is 4.79 Å². The van der Waals surface area contributed by atoms with Crippen LogP contribution in [0.4, 0.5) is 0 Å². The molecule has 0 saturated carbocycles. The lowest BCUT2D eigenvalue weighted by atomic mass is 9.73. The fourth-order valence-corrected chi connectivity index (χ4v) is 1.67. The van der Waals surface area contributed by atoms with E-state index in [-0.39, 0.29) is 11.2 Å². The Hall–Kier alpha value is -0.890. The van der Waals surface area contributed by atoms with E-state index in [1.54, 1.807) is 6.08 Å². The first-order chi connectivity index (χ1) is 5.97. The van der Waals surface area contributed by atoms with Gasteiger partial charge in [-0.3, -0.25) is 4.79 Å². The molecule has 0 fully saturated rings. The quantitative estimate of drug-likeness (QED) is 0.653. The van der Waals surface area contributed by atoms with Crippen LogP contribution in [-0.2, 0) is 4.79 Å². The molecular weight excluding hydrogens is 162 g/mol. The van der Waals surface area contributed by atoms with E-state index in [0.29, 0.717) is 0 Å². The summed E-state index contributed by atoms with van der Waals surface area (Å²) in [7, 11) is 1.89. The van der Waals surface area contributed by atoms with Crippen molar-refractivity contribution in [2.75, 3.05) is 13.6 Å². The molecular formula is C11H17NO. The van der Waals surface area contributed by atoms with Crippen LogP contribution < -0.4 is 5.32 Å². The van der Waals surface area contributed by atoms with Crippen molar-refractivity contribution in [2.24, 2.45) is 5.41 Å². The van der Waals surface area contributed by atoms with Gasteiger partial charge in [0, 0.05) is 6.54 Å². The molecule has 0 aromatic carbocycles. The van der Waals surface area contributed by atoms with Gasteiger partial charge in [0.25, 0.3) is 0 Å². The van der Waals surface area contributed by atoms with E-state index < -0.39 is 0 Å². The van der Waals surface area contributed by atoms with Gasteiger partial charge in [0.1, 0.15) is 0 Å². The third-order valence-electron chi connectivity index (χ3n) is 2.55. The Morgan fingerprint density at radius 3 is 2.77 bits per heavy atom. The molecule has 0 aromatic rings. The first-order valence-corrected chi connectivity index (χ1v) is 4.55. The predicted octanol–water partition coefficient (Wildman–Crippen LogP) is 1.69. The molecule has 0 heterocycles. The summed E-state index contributed by atoms with van der Waals surface area (Å²) in [6.07, 6.45) is 2.50. The Kier molecular flexibility index (Phi) is 2.71. The van der Waals surface area contributed by atoms with Crippen molar-refractivity contribution in [3.05, 3.63) is 23.8 Å². The van der Waals surface area contributed by atoms with Gasteiger partial charge in [-0.2, -0.15) is 0 Å². The highest BCUT2D eigenvalue weighted by Gasteiger charge is 2.30. The monoisotopic (exact) mass is 179 g/mol. The first kappa shape index (κ1) is 10.2. The maximum absolute atomic E-state index is 11.4. The summed E-state index contributed by atoms with van der Waals surface area (Å²) < 4.78 is 0. The fourth-order valence-electron chi connectivity index (χ4n) is 1.67. The van der Waals surface area contributed by atoms with Gasteiger partial charge in [-0.15, -0.1) is 0 Å². The minimum absolute atomic E-state index is 0.0774. The zero-order chi connectivity index (χ0) is 10.1. The van der Waals surface area contributed by atoms with Gasteiger partial charge in [-0.1, -0.05) is 20.4 Å². The Morgan fingerprint density at radius 1 is 1.62 bits per heavy atom. The second-order valence-electron chi connectivity index (χ2n) is 4.23. The van der Waals surface area contributed by atoms with Crippen LogP contribution in [0.2, 0.25) is 0 Å². The predicted molar refractivity (Wildman–Crippen MR) is 54.6 cm³/mol. The van der Waals surface area contributed by atoms with E-state index in [4.69, 9.17) is 0 Å². The minimum atomic E-state index is 0.0774. The van der Waals surface area contributed by atoms with Gasteiger partial charge in [-0.25, -0.2) is 0 Å². The number of ketones is 1. The summed E-state index contributed by atoms with van der Waals surface area (Å²) in [6.45, 7) is 8.85. The van der Waals surface area contributed by atoms with Gasteiger partial charge in [0.05, 0.1) is 0 Å². The van der Waals surface area contributed by atoms with Crippen LogP contribution in [0.3, 0.4) is 0 Å². The highest BCUT2D eigenvalue weighted by Crippen LogP contribution is 2.36. The van der Waals surface area contributed by atoms with Crippen LogP contribution in [0.1, 0.15) is 20.3 Å². The minimum Gasteiger partial charge on any atom is -0.316 e. The molecule has 0 saturated heterocycles. The van der Waals surface area contributed by atoms with Crippen molar-refractivity contribution >= 4 is 5.78 Å². The summed E-state index contributed by atoms with van der Waals surface area (Å²) in [5.74, 6) is 0.0876. The van der Waals surface area contributed by atoms with Gasteiger partial charge in [-0.05, 0) is 36.1 Å². The third-order valence-corrected chi connectivity index (χ3v) is 2.55. The molecule has 0 aliphatic heterocycles. The van der Waals surface area contributed by atoms with Crippen LogP contribution in [-0.4, -0.2) is 19.4 Å². The average Bonchev–Trinajstić information content (AvgIpc) is 2.00. The van der Waals surface area contributed by atoms with Crippen LogP contribution in [0.15, 0.2) is 23.8 Å². The van der Waals surface area contributed by atoms with Crippen LogP contribution >= 0.6 is 0 Å². The standard InChI is InChI=1S/C11H17NO/c1-8-6-11(2,3)9(7-12-4)5-10(8)13/h5,12H,1,6-7H2,2-4H3. The largest absolute Gasteiger partial charge is 0.316 e. The Bertz CT molecular complexity index is 274. The highest BCUT2D eigenvalue weighted by atomic mass is 16.1. The van der Waals surface area contributed by atoms with Crippen molar-refractivity contribution in [2.45, 2.75) is 20.3 Å². The number of hydrogen-bond donors (Lipinski definition) is 1. The summed E-state index contributed by atoms with van der Waals surface area (Å²) in [6, 6.07) is 0. The smallest absolute Gasteiger partial charge is 0.181 e. The van der Waals surface area contributed by atoms with Gasteiger partial charge < -0.3 is 5.32 Å². The summed E-state index contributed by atoms with van der Waals surface area (Å²) in [4.78, 5) is 11.4. The van der Waals surface area contributed by atoms with Crippen molar-refractivity contribution in [3.8, 4) is 0 Å². The molecule has 0 unspecified atom stereocenters. The molecule has 2 nitrogen and oxygen atoms in total. The Balaban J connectivity index is 2.95. The van der Waals surface area contributed by atoms with Gasteiger partial charge in [0.15, 0.2) is 5.78 Å². The van der Waals surface area contributed by atoms with E-state index >= 15 is 0 Å². The molecule has 13 heavy (non-hydrogen) atoms. The molecule has 2 heteroatoms. The number of nitrogens with one attached hydrogen (secondary N) is 1. The van der Waals surface area contributed by atoms with Crippen molar-refractivity contribution in [1.29, 1.82) is 0 Å². The first-order valence-electron chi connectivity index (χ1n) is 4.55. The lowest BCUT2D eigenvalue weighted by Crippen LogP contribution is -2.29. The molecule has 1 N–H and O–H groups in total. The molecule has 0 aromatic heterocycles. The molecule has 1 aliphatic carbocycles.